The fourth-order valence-electron chi connectivity index (χ4n) is 1.90. The summed E-state index contributed by atoms with van der Waals surface area (Å²) in [6.07, 6.45) is 0.310. The second kappa shape index (κ2) is 7.53. The summed E-state index contributed by atoms with van der Waals surface area (Å²) in [6, 6.07) is 12.4. The van der Waals surface area contributed by atoms with Crippen LogP contribution in [0.15, 0.2) is 48.5 Å². The molecule has 5 nitrogen and oxygen atoms in total. The SMILES string of the molecule is N[C@@H](Cc1ccc(OCc2ccc(F)cc2)cc1)C(=O)NO. The predicted octanol–water partition coefficient (Wildman–Crippen LogP) is 1.78. The van der Waals surface area contributed by atoms with Crippen LogP contribution in [0.3, 0.4) is 0 Å². The molecule has 2 rings (SSSR count). The van der Waals surface area contributed by atoms with Crippen molar-refractivity contribution in [2.24, 2.45) is 5.73 Å². The lowest BCUT2D eigenvalue weighted by Crippen LogP contribution is -2.40. The molecular formula is C16H17FN2O3. The number of benzene rings is 2. The van der Waals surface area contributed by atoms with Crippen LogP contribution in [0.25, 0.3) is 0 Å². The maximum atomic E-state index is 12.8. The number of carbonyl (C=O) groups is 1. The molecule has 0 aliphatic carbocycles. The number of ether oxygens (including phenoxy) is 1. The fraction of sp³-hybridized carbons (Fsp3) is 0.188. The second-order valence-corrected chi connectivity index (χ2v) is 4.85. The minimum Gasteiger partial charge on any atom is -0.489 e. The zero-order valence-corrected chi connectivity index (χ0v) is 11.8. The molecule has 0 aliphatic heterocycles. The number of hydroxylamine groups is 1. The molecule has 116 valence electrons. The van der Waals surface area contributed by atoms with Crippen molar-refractivity contribution in [1.29, 1.82) is 0 Å². The van der Waals surface area contributed by atoms with Gasteiger partial charge in [0.15, 0.2) is 0 Å². The highest BCUT2D eigenvalue weighted by Gasteiger charge is 2.12. The Bertz CT molecular complexity index is 614. The maximum Gasteiger partial charge on any atom is 0.260 e. The lowest BCUT2D eigenvalue weighted by atomic mass is 10.1. The first kappa shape index (κ1) is 15.9. The van der Waals surface area contributed by atoms with Gasteiger partial charge in [-0.25, -0.2) is 9.87 Å². The van der Waals surface area contributed by atoms with E-state index < -0.39 is 11.9 Å². The van der Waals surface area contributed by atoms with Gasteiger partial charge in [-0.15, -0.1) is 0 Å². The quantitative estimate of drug-likeness (QED) is 0.561. The summed E-state index contributed by atoms with van der Waals surface area (Å²) in [5.74, 6) is -0.249. The second-order valence-electron chi connectivity index (χ2n) is 4.85. The van der Waals surface area contributed by atoms with Crippen LogP contribution in [-0.4, -0.2) is 17.2 Å². The third-order valence-electron chi connectivity index (χ3n) is 3.14. The molecule has 0 radical (unpaired) electrons. The molecule has 0 aliphatic rings. The molecule has 0 heterocycles. The van der Waals surface area contributed by atoms with E-state index in [1.165, 1.54) is 17.6 Å². The van der Waals surface area contributed by atoms with Gasteiger partial charge in [-0.2, -0.15) is 0 Å². The summed E-state index contributed by atoms with van der Waals surface area (Å²) in [5.41, 5.74) is 8.85. The molecule has 22 heavy (non-hydrogen) atoms. The van der Waals surface area contributed by atoms with Crippen molar-refractivity contribution < 1.29 is 19.1 Å². The first-order chi connectivity index (χ1) is 10.6. The van der Waals surface area contributed by atoms with E-state index in [0.29, 0.717) is 18.8 Å². The molecule has 1 atom stereocenters. The normalized spacial score (nSPS) is 11.8. The van der Waals surface area contributed by atoms with Crippen LogP contribution in [-0.2, 0) is 17.8 Å². The molecule has 2 aromatic carbocycles. The standard InChI is InChI=1S/C16H17FN2O3/c17-13-5-1-12(2-6-13)10-22-14-7-3-11(4-8-14)9-15(18)16(20)19-21/h1-8,15,21H,9-10,18H2,(H,19,20)/t15-/m0/s1. The third kappa shape index (κ3) is 4.54. The van der Waals surface area contributed by atoms with Crippen LogP contribution in [0, 0.1) is 5.82 Å². The highest BCUT2D eigenvalue weighted by Crippen LogP contribution is 2.15. The first-order valence-corrected chi connectivity index (χ1v) is 6.74. The Morgan fingerprint density at radius 1 is 1.14 bits per heavy atom. The lowest BCUT2D eigenvalue weighted by Gasteiger charge is -2.10. The highest BCUT2D eigenvalue weighted by atomic mass is 19.1. The number of hydrogen-bond acceptors (Lipinski definition) is 4. The molecule has 0 spiro atoms. The molecule has 0 bridgehead atoms. The van der Waals surface area contributed by atoms with E-state index in [0.717, 1.165) is 11.1 Å². The molecule has 6 heteroatoms. The summed E-state index contributed by atoms with van der Waals surface area (Å²) < 4.78 is 18.4. The van der Waals surface area contributed by atoms with Crippen LogP contribution in [0.5, 0.6) is 5.75 Å². The van der Waals surface area contributed by atoms with Crippen molar-refractivity contribution in [1.82, 2.24) is 5.48 Å². The molecule has 0 aromatic heterocycles. The minimum atomic E-state index is -0.809. The molecule has 1 amide bonds. The van der Waals surface area contributed by atoms with Crippen LogP contribution in [0.1, 0.15) is 11.1 Å². The first-order valence-electron chi connectivity index (χ1n) is 6.74. The number of rotatable bonds is 6. The van der Waals surface area contributed by atoms with Crippen molar-refractivity contribution in [2.45, 2.75) is 19.1 Å². The number of halogens is 1. The summed E-state index contributed by atoms with van der Waals surface area (Å²) in [6.45, 7) is 0.339. The van der Waals surface area contributed by atoms with Gasteiger partial charge in [-0.1, -0.05) is 24.3 Å². The molecular weight excluding hydrogens is 287 g/mol. The van der Waals surface area contributed by atoms with Crippen molar-refractivity contribution >= 4 is 5.91 Å². The Morgan fingerprint density at radius 3 is 2.32 bits per heavy atom. The molecule has 0 unspecified atom stereocenters. The molecule has 0 fully saturated rings. The summed E-state index contributed by atoms with van der Waals surface area (Å²) in [5, 5.41) is 8.50. The minimum absolute atomic E-state index is 0.281. The Kier molecular flexibility index (Phi) is 5.46. The zero-order chi connectivity index (χ0) is 15.9. The van der Waals surface area contributed by atoms with Gasteiger partial charge in [0.2, 0.25) is 0 Å². The van der Waals surface area contributed by atoms with Crippen LogP contribution in [0.2, 0.25) is 0 Å². The fourth-order valence-corrected chi connectivity index (χ4v) is 1.90. The van der Waals surface area contributed by atoms with E-state index in [1.807, 2.05) is 0 Å². The van der Waals surface area contributed by atoms with Crippen LogP contribution >= 0.6 is 0 Å². The van der Waals surface area contributed by atoms with Crippen molar-refractivity contribution in [2.75, 3.05) is 0 Å². The van der Waals surface area contributed by atoms with E-state index in [2.05, 4.69) is 0 Å². The average molecular weight is 304 g/mol. The maximum absolute atomic E-state index is 12.8. The lowest BCUT2D eigenvalue weighted by molar-refractivity contribution is -0.130. The van der Waals surface area contributed by atoms with Gasteiger partial charge in [0, 0.05) is 0 Å². The van der Waals surface area contributed by atoms with Gasteiger partial charge in [0.25, 0.3) is 5.91 Å². The van der Waals surface area contributed by atoms with E-state index in [1.54, 1.807) is 36.4 Å². The number of nitrogens with two attached hydrogens (primary N) is 1. The Labute approximate surface area is 127 Å². The van der Waals surface area contributed by atoms with Crippen LogP contribution < -0.4 is 16.0 Å². The molecule has 2 aromatic rings. The zero-order valence-electron chi connectivity index (χ0n) is 11.8. The highest BCUT2D eigenvalue weighted by molar-refractivity contribution is 5.80. The van der Waals surface area contributed by atoms with Crippen molar-refractivity contribution in [3.05, 3.63) is 65.5 Å². The van der Waals surface area contributed by atoms with Gasteiger partial charge in [-0.05, 0) is 41.8 Å². The van der Waals surface area contributed by atoms with Crippen molar-refractivity contribution in [3.8, 4) is 5.75 Å². The summed E-state index contributed by atoms with van der Waals surface area (Å²) in [7, 11) is 0. The number of nitrogens with one attached hydrogen (secondary N) is 1. The third-order valence-corrected chi connectivity index (χ3v) is 3.14. The van der Waals surface area contributed by atoms with E-state index in [4.69, 9.17) is 15.7 Å². The van der Waals surface area contributed by atoms with Crippen molar-refractivity contribution in [3.63, 3.8) is 0 Å². The molecule has 0 saturated carbocycles. The van der Waals surface area contributed by atoms with E-state index in [-0.39, 0.29) is 5.82 Å². The van der Waals surface area contributed by atoms with E-state index in [9.17, 15) is 9.18 Å². The Balaban J connectivity index is 1.89. The average Bonchev–Trinajstić information content (AvgIpc) is 2.55. The van der Waals surface area contributed by atoms with Gasteiger partial charge in [0.05, 0.1) is 6.04 Å². The predicted molar refractivity (Wildman–Crippen MR) is 78.8 cm³/mol. The number of amides is 1. The van der Waals surface area contributed by atoms with Gasteiger partial charge in [-0.3, -0.25) is 10.0 Å². The smallest absolute Gasteiger partial charge is 0.260 e. The monoisotopic (exact) mass is 304 g/mol. The Hall–Kier alpha value is -2.44. The molecule has 4 N–H and O–H groups in total. The van der Waals surface area contributed by atoms with Gasteiger partial charge in [0.1, 0.15) is 18.2 Å². The van der Waals surface area contributed by atoms with Gasteiger partial charge >= 0.3 is 0 Å². The largest absolute Gasteiger partial charge is 0.489 e. The van der Waals surface area contributed by atoms with E-state index >= 15 is 0 Å². The topological polar surface area (TPSA) is 84.6 Å². The molecule has 0 saturated heterocycles. The van der Waals surface area contributed by atoms with Crippen LogP contribution in [0.4, 0.5) is 4.39 Å². The summed E-state index contributed by atoms with van der Waals surface area (Å²) >= 11 is 0. The summed E-state index contributed by atoms with van der Waals surface area (Å²) in [4.78, 5) is 11.1. The number of hydrogen-bond donors (Lipinski definition) is 3. The number of carbonyl (C=O) groups excluding carboxylic acids is 1. The van der Waals surface area contributed by atoms with Gasteiger partial charge < -0.3 is 10.5 Å². The Morgan fingerprint density at radius 2 is 1.73 bits per heavy atom.